The van der Waals surface area contributed by atoms with E-state index in [1.807, 2.05) is 0 Å². The van der Waals surface area contributed by atoms with E-state index in [1.165, 1.54) is 31.2 Å². The van der Waals surface area contributed by atoms with Crippen molar-refractivity contribution in [2.75, 3.05) is 32.0 Å². The zero-order valence-electron chi connectivity index (χ0n) is 21.3. The fourth-order valence-electron chi connectivity index (χ4n) is 3.29. The molecule has 0 radical (unpaired) electrons. The van der Waals surface area contributed by atoms with Crippen LogP contribution < -0.4 is 11.1 Å². The molecule has 0 spiro atoms. The lowest BCUT2D eigenvalue weighted by Gasteiger charge is -2.49. The molecule has 0 saturated carbocycles. The predicted octanol–water partition coefficient (Wildman–Crippen LogP) is 0.383. The van der Waals surface area contributed by atoms with Crippen LogP contribution in [0.4, 0.5) is 5.13 Å². The van der Waals surface area contributed by atoms with Gasteiger partial charge in [-0.3, -0.25) is 24.1 Å². The number of esters is 3. The fourth-order valence-corrected chi connectivity index (χ4v) is 5.17. The second-order valence-electron chi connectivity index (χ2n) is 9.02. The smallest absolute Gasteiger partial charge is 0.358 e. The van der Waals surface area contributed by atoms with Gasteiger partial charge in [-0.2, -0.15) is 0 Å². The number of carbonyl (C=O) groups excluding carboxylic acids is 5. The van der Waals surface area contributed by atoms with Crippen molar-refractivity contribution in [3.8, 4) is 0 Å². The van der Waals surface area contributed by atoms with Crippen LogP contribution >= 0.6 is 23.1 Å². The van der Waals surface area contributed by atoms with Crippen LogP contribution in [0.15, 0.2) is 21.8 Å². The van der Waals surface area contributed by atoms with Gasteiger partial charge < -0.3 is 30.1 Å². The summed E-state index contributed by atoms with van der Waals surface area (Å²) in [5.41, 5.74) is 5.00. The molecule has 1 fully saturated rings. The second kappa shape index (κ2) is 11.8. The number of nitrogens with zero attached hydrogens (tertiary/aromatic N) is 3. The van der Waals surface area contributed by atoms with Gasteiger partial charge in [-0.15, -0.1) is 23.1 Å². The molecular weight excluding hydrogens is 542 g/mol. The number of aromatic nitrogens is 1. The molecule has 1 aromatic heterocycles. The quantitative estimate of drug-likeness (QED) is 0.137. The highest BCUT2D eigenvalue weighted by atomic mass is 32.2. The first-order chi connectivity index (χ1) is 17.8. The van der Waals surface area contributed by atoms with Gasteiger partial charge in [0.25, 0.3) is 11.8 Å². The summed E-state index contributed by atoms with van der Waals surface area (Å²) in [4.78, 5) is 72.3. The normalized spacial score (nSPS) is 19.2. The van der Waals surface area contributed by atoms with Crippen LogP contribution in [0.3, 0.4) is 0 Å². The van der Waals surface area contributed by atoms with E-state index in [2.05, 4.69) is 15.5 Å². The van der Waals surface area contributed by atoms with E-state index < -0.39 is 53.3 Å². The lowest BCUT2D eigenvalue weighted by atomic mass is 9.98. The molecule has 206 valence electrons. The maximum Gasteiger partial charge on any atom is 0.358 e. The number of β-lactam (4-membered cyclic amide) rings is 1. The van der Waals surface area contributed by atoms with Crippen LogP contribution in [0.2, 0.25) is 0 Å². The number of ether oxygens (including phenoxy) is 3. The third kappa shape index (κ3) is 6.42. The monoisotopic (exact) mass is 569 g/mol. The van der Waals surface area contributed by atoms with Gasteiger partial charge in [0.15, 0.2) is 10.8 Å². The van der Waals surface area contributed by atoms with Gasteiger partial charge in [0.1, 0.15) is 36.5 Å². The van der Waals surface area contributed by atoms with Crippen molar-refractivity contribution in [2.24, 2.45) is 10.6 Å². The van der Waals surface area contributed by atoms with Gasteiger partial charge in [-0.05, 0) is 20.8 Å². The Hall–Kier alpha value is -3.66. The lowest BCUT2D eigenvalue weighted by molar-refractivity contribution is -0.173. The van der Waals surface area contributed by atoms with E-state index in [0.717, 1.165) is 16.2 Å². The van der Waals surface area contributed by atoms with Gasteiger partial charge in [-0.25, -0.2) is 9.78 Å². The van der Waals surface area contributed by atoms with Gasteiger partial charge in [-0.1, -0.05) is 5.16 Å². The van der Waals surface area contributed by atoms with Crippen molar-refractivity contribution in [1.82, 2.24) is 15.2 Å². The Bertz CT molecular complexity index is 1200. The van der Waals surface area contributed by atoms with Crippen molar-refractivity contribution in [3.63, 3.8) is 0 Å². The zero-order chi connectivity index (χ0) is 28.2. The molecule has 2 aliphatic heterocycles. The number of anilines is 1. The standard InChI is InChI=1S/C22H27N5O9S2/c1-10(28)34-6-11-7-37-18-14(25-16(29)13(26-33-5)12-8-38-21(23)24-12)17(30)27(18)15(11)19(31)35-9-36-20(32)22(2,3)4/h8,14,18H,6-7,9H2,1-5H3,(H2,23,24)(H,25,29)/b26-13+/t14-,18-/m1/s1. The van der Waals surface area contributed by atoms with E-state index in [9.17, 15) is 24.0 Å². The first-order valence-electron chi connectivity index (χ1n) is 11.1. The molecule has 3 rings (SSSR count). The van der Waals surface area contributed by atoms with Crippen LogP contribution in [-0.2, 0) is 43.0 Å². The molecule has 16 heteroatoms. The number of carbonyl (C=O) groups is 5. The molecular formula is C22H27N5O9S2. The van der Waals surface area contributed by atoms with Crippen LogP contribution in [0, 0.1) is 5.41 Å². The number of nitrogens with one attached hydrogen (secondary N) is 1. The third-order valence-electron chi connectivity index (χ3n) is 5.13. The molecule has 0 bridgehead atoms. The minimum absolute atomic E-state index is 0.143. The minimum atomic E-state index is -1.01. The Morgan fingerprint density at radius 3 is 2.53 bits per heavy atom. The number of amides is 2. The van der Waals surface area contributed by atoms with Crippen molar-refractivity contribution in [1.29, 1.82) is 0 Å². The van der Waals surface area contributed by atoms with Crippen molar-refractivity contribution in [2.45, 2.75) is 39.1 Å². The van der Waals surface area contributed by atoms with Gasteiger partial charge >= 0.3 is 17.9 Å². The summed E-state index contributed by atoms with van der Waals surface area (Å²) >= 11 is 2.35. The van der Waals surface area contributed by atoms with Crippen molar-refractivity contribution < 1.29 is 43.0 Å². The molecule has 2 aliphatic rings. The van der Waals surface area contributed by atoms with Gasteiger partial charge in [0.05, 0.1) is 5.41 Å². The number of fused-ring (bicyclic) bond motifs is 1. The Morgan fingerprint density at radius 1 is 1.24 bits per heavy atom. The highest BCUT2D eigenvalue weighted by Gasteiger charge is 2.55. The summed E-state index contributed by atoms with van der Waals surface area (Å²) in [6.45, 7) is 5.20. The molecule has 1 aromatic rings. The number of nitrogens with two attached hydrogens (primary N) is 1. The number of thiazole rings is 1. The third-order valence-corrected chi connectivity index (χ3v) is 7.15. The number of thioether (sulfide) groups is 1. The van der Waals surface area contributed by atoms with Crippen molar-refractivity contribution >= 4 is 63.7 Å². The summed E-state index contributed by atoms with van der Waals surface area (Å²) in [6, 6.07) is -1.01. The van der Waals surface area contributed by atoms with Crippen molar-refractivity contribution in [3.05, 3.63) is 22.3 Å². The Kier molecular flexibility index (Phi) is 8.98. The maximum absolute atomic E-state index is 13.1. The second-order valence-corrected chi connectivity index (χ2v) is 11.0. The molecule has 2 amide bonds. The Labute approximate surface area is 225 Å². The van der Waals surface area contributed by atoms with Gasteiger partial charge in [0.2, 0.25) is 6.79 Å². The largest absolute Gasteiger partial charge is 0.461 e. The predicted molar refractivity (Wildman–Crippen MR) is 135 cm³/mol. The van der Waals surface area contributed by atoms with E-state index in [4.69, 9.17) is 24.8 Å². The number of nitrogen functional groups attached to an aromatic ring is 1. The topological polar surface area (TPSA) is 189 Å². The van der Waals surface area contributed by atoms with E-state index in [-0.39, 0.29) is 34.6 Å². The average molecular weight is 570 g/mol. The molecule has 38 heavy (non-hydrogen) atoms. The van der Waals surface area contributed by atoms with Crippen LogP contribution in [-0.4, -0.2) is 83.0 Å². The number of hydrogen-bond acceptors (Lipinski definition) is 14. The Balaban J connectivity index is 1.77. The van der Waals surface area contributed by atoms with E-state index >= 15 is 0 Å². The highest BCUT2D eigenvalue weighted by molar-refractivity contribution is 8.00. The number of rotatable bonds is 9. The summed E-state index contributed by atoms with van der Waals surface area (Å²) in [5, 5.41) is 7.35. The fraction of sp³-hybridized carbons (Fsp3) is 0.500. The highest BCUT2D eigenvalue weighted by Crippen LogP contribution is 2.40. The molecule has 0 unspecified atom stereocenters. The molecule has 1 saturated heterocycles. The summed E-state index contributed by atoms with van der Waals surface area (Å²) < 4.78 is 15.1. The summed E-state index contributed by atoms with van der Waals surface area (Å²) in [7, 11) is 1.25. The number of oxime groups is 1. The van der Waals surface area contributed by atoms with Crippen LogP contribution in [0.25, 0.3) is 0 Å². The molecule has 14 nitrogen and oxygen atoms in total. The molecule has 2 atom stereocenters. The number of hydrogen-bond donors (Lipinski definition) is 2. The zero-order valence-corrected chi connectivity index (χ0v) is 22.9. The maximum atomic E-state index is 13.1. The lowest BCUT2D eigenvalue weighted by Crippen LogP contribution is -2.71. The molecule has 0 aliphatic carbocycles. The first-order valence-corrected chi connectivity index (χ1v) is 13.1. The summed E-state index contributed by atoms with van der Waals surface area (Å²) in [6.07, 6.45) is 0. The minimum Gasteiger partial charge on any atom is -0.461 e. The summed E-state index contributed by atoms with van der Waals surface area (Å²) in [5.74, 6) is -3.26. The van der Waals surface area contributed by atoms with Crippen LogP contribution in [0.1, 0.15) is 33.4 Å². The Morgan fingerprint density at radius 2 is 1.95 bits per heavy atom. The van der Waals surface area contributed by atoms with Crippen LogP contribution in [0.5, 0.6) is 0 Å². The average Bonchev–Trinajstić information content (AvgIpc) is 3.28. The SMILES string of the molecule is CO/N=C(/C(=O)N[C@@H]1C(=O)N2C(C(=O)OCOC(=O)C(C)(C)C)=C(COC(C)=O)CS[C@H]12)c1csc(N)n1. The van der Waals surface area contributed by atoms with E-state index in [0.29, 0.717) is 5.57 Å². The molecule has 3 N–H and O–H groups in total. The van der Waals surface area contributed by atoms with Gasteiger partial charge in [0, 0.05) is 23.6 Å². The van der Waals surface area contributed by atoms with E-state index in [1.54, 1.807) is 20.8 Å². The first kappa shape index (κ1) is 28.9. The molecule has 3 heterocycles. The molecule has 0 aromatic carbocycles.